The number of halogens is 1. The second kappa shape index (κ2) is 8.05. The summed E-state index contributed by atoms with van der Waals surface area (Å²) >= 11 is 7.94. The zero-order valence-electron chi connectivity index (χ0n) is 11.4. The topological polar surface area (TPSA) is 29.3 Å². The Hall–Kier alpha value is -0.220. The summed E-state index contributed by atoms with van der Waals surface area (Å²) in [6.07, 6.45) is 3.28. The Morgan fingerprint density at radius 2 is 2.17 bits per heavy atom. The Morgan fingerprint density at radius 1 is 1.44 bits per heavy atom. The minimum atomic E-state index is 0.237. The standard InChI is InChI=1S/C14H23ClN2S/c1-4-13(10-18-3)17(2)14(9-16)11-6-5-7-12(15)8-11/h5-8,13-14H,4,9-10,16H2,1-3H3. The van der Waals surface area contributed by atoms with E-state index in [0.29, 0.717) is 12.6 Å². The highest BCUT2D eigenvalue weighted by Crippen LogP contribution is 2.25. The van der Waals surface area contributed by atoms with E-state index in [0.717, 1.165) is 17.2 Å². The summed E-state index contributed by atoms with van der Waals surface area (Å²) in [5, 5.41) is 0.775. The van der Waals surface area contributed by atoms with Crippen LogP contribution in [0.2, 0.25) is 5.02 Å². The van der Waals surface area contributed by atoms with Crippen molar-refractivity contribution in [2.24, 2.45) is 5.73 Å². The quantitative estimate of drug-likeness (QED) is 0.833. The zero-order chi connectivity index (χ0) is 13.5. The SMILES string of the molecule is CCC(CSC)N(C)C(CN)c1cccc(Cl)c1. The summed E-state index contributed by atoms with van der Waals surface area (Å²) in [7, 11) is 2.16. The molecule has 2 N–H and O–H groups in total. The van der Waals surface area contributed by atoms with Gasteiger partial charge in [-0.25, -0.2) is 0 Å². The lowest BCUT2D eigenvalue weighted by Crippen LogP contribution is -2.39. The zero-order valence-corrected chi connectivity index (χ0v) is 13.0. The molecule has 102 valence electrons. The number of nitrogens with two attached hydrogens (primary N) is 1. The fraction of sp³-hybridized carbons (Fsp3) is 0.571. The monoisotopic (exact) mass is 286 g/mol. The van der Waals surface area contributed by atoms with Crippen LogP contribution in [0, 0.1) is 0 Å². The number of rotatable bonds is 7. The van der Waals surface area contributed by atoms with Gasteiger partial charge in [0.25, 0.3) is 0 Å². The highest BCUT2D eigenvalue weighted by molar-refractivity contribution is 7.98. The van der Waals surface area contributed by atoms with E-state index in [1.807, 2.05) is 30.0 Å². The van der Waals surface area contributed by atoms with Crippen molar-refractivity contribution in [2.45, 2.75) is 25.4 Å². The highest BCUT2D eigenvalue weighted by atomic mass is 35.5. The molecule has 0 fully saturated rings. The average molecular weight is 287 g/mol. The molecule has 0 bridgehead atoms. The summed E-state index contributed by atoms with van der Waals surface area (Å²) in [5.41, 5.74) is 7.15. The van der Waals surface area contributed by atoms with E-state index >= 15 is 0 Å². The van der Waals surface area contributed by atoms with Gasteiger partial charge in [0.05, 0.1) is 0 Å². The second-order valence-electron chi connectivity index (χ2n) is 4.49. The first kappa shape index (κ1) is 15.8. The number of likely N-dealkylation sites (N-methyl/N-ethyl adjacent to an activating group) is 1. The number of benzene rings is 1. The van der Waals surface area contributed by atoms with Crippen molar-refractivity contribution in [1.82, 2.24) is 4.90 Å². The maximum atomic E-state index is 6.06. The number of hydrogen-bond donors (Lipinski definition) is 1. The molecule has 0 saturated carbocycles. The molecular weight excluding hydrogens is 264 g/mol. The van der Waals surface area contributed by atoms with Gasteiger partial charge < -0.3 is 5.73 Å². The molecule has 1 rings (SSSR count). The van der Waals surface area contributed by atoms with Gasteiger partial charge in [-0.15, -0.1) is 0 Å². The van der Waals surface area contributed by atoms with Crippen LogP contribution in [0.1, 0.15) is 24.9 Å². The first-order valence-corrected chi connectivity index (χ1v) is 8.07. The summed E-state index contributed by atoms with van der Waals surface area (Å²) in [6, 6.07) is 8.79. The lowest BCUT2D eigenvalue weighted by Gasteiger charge is -2.34. The highest BCUT2D eigenvalue weighted by Gasteiger charge is 2.21. The molecule has 4 heteroatoms. The van der Waals surface area contributed by atoms with Gasteiger partial charge in [0, 0.05) is 29.4 Å². The summed E-state index contributed by atoms with van der Waals surface area (Å²) in [5.74, 6) is 1.13. The third-order valence-corrected chi connectivity index (χ3v) is 4.31. The van der Waals surface area contributed by atoms with Crippen LogP contribution >= 0.6 is 23.4 Å². The Balaban J connectivity index is 2.88. The van der Waals surface area contributed by atoms with E-state index in [4.69, 9.17) is 17.3 Å². The Morgan fingerprint density at radius 3 is 2.67 bits per heavy atom. The molecule has 0 aromatic heterocycles. The van der Waals surface area contributed by atoms with Crippen molar-refractivity contribution in [2.75, 3.05) is 25.6 Å². The third kappa shape index (κ3) is 4.16. The fourth-order valence-electron chi connectivity index (χ4n) is 2.22. The third-order valence-electron chi connectivity index (χ3n) is 3.35. The van der Waals surface area contributed by atoms with Crippen LogP contribution in [0.15, 0.2) is 24.3 Å². The molecule has 0 saturated heterocycles. The van der Waals surface area contributed by atoms with Crippen molar-refractivity contribution in [3.05, 3.63) is 34.9 Å². The van der Waals surface area contributed by atoms with Crippen LogP contribution in [0.3, 0.4) is 0 Å². The van der Waals surface area contributed by atoms with Crippen LogP contribution in [0.4, 0.5) is 0 Å². The first-order valence-electron chi connectivity index (χ1n) is 6.30. The molecule has 1 aromatic rings. The van der Waals surface area contributed by atoms with E-state index in [9.17, 15) is 0 Å². The molecule has 2 atom stereocenters. The van der Waals surface area contributed by atoms with Crippen LogP contribution in [-0.2, 0) is 0 Å². The van der Waals surface area contributed by atoms with Crippen LogP contribution in [0.5, 0.6) is 0 Å². The van der Waals surface area contributed by atoms with Crippen molar-refractivity contribution < 1.29 is 0 Å². The summed E-state index contributed by atoms with van der Waals surface area (Å²) in [4.78, 5) is 2.38. The fourth-order valence-corrected chi connectivity index (χ4v) is 3.28. The van der Waals surface area contributed by atoms with Gasteiger partial charge in [0.1, 0.15) is 0 Å². The molecule has 2 unspecified atom stereocenters. The van der Waals surface area contributed by atoms with Gasteiger partial charge in [-0.1, -0.05) is 30.7 Å². The van der Waals surface area contributed by atoms with Gasteiger partial charge in [0.2, 0.25) is 0 Å². The van der Waals surface area contributed by atoms with E-state index in [-0.39, 0.29) is 6.04 Å². The molecule has 0 aliphatic rings. The van der Waals surface area contributed by atoms with E-state index in [2.05, 4.69) is 31.2 Å². The molecule has 0 spiro atoms. The predicted molar refractivity (Wildman–Crippen MR) is 83.5 cm³/mol. The maximum absolute atomic E-state index is 6.06. The first-order chi connectivity index (χ1) is 8.63. The van der Waals surface area contributed by atoms with Crippen molar-refractivity contribution in [3.8, 4) is 0 Å². The van der Waals surface area contributed by atoms with Crippen molar-refractivity contribution in [1.29, 1.82) is 0 Å². The number of hydrogen-bond acceptors (Lipinski definition) is 3. The largest absolute Gasteiger partial charge is 0.329 e. The normalized spacial score (nSPS) is 14.8. The van der Waals surface area contributed by atoms with Crippen LogP contribution in [0.25, 0.3) is 0 Å². The second-order valence-corrected chi connectivity index (χ2v) is 5.84. The Bertz CT molecular complexity index is 359. The number of nitrogens with zero attached hydrogens (tertiary/aromatic N) is 1. The number of thioether (sulfide) groups is 1. The Labute approximate surface area is 120 Å². The lowest BCUT2D eigenvalue weighted by atomic mass is 10.0. The van der Waals surface area contributed by atoms with E-state index in [1.54, 1.807) is 0 Å². The summed E-state index contributed by atoms with van der Waals surface area (Å²) < 4.78 is 0. The van der Waals surface area contributed by atoms with E-state index in [1.165, 1.54) is 5.56 Å². The summed E-state index contributed by atoms with van der Waals surface area (Å²) in [6.45, 7) is 2.84. The van der Waals surface area contributed by atoms with Crippen LogP contribution < -0.4 is 5.73 Å². The van der Waals surface area contributed by atoms with Gasteiger partial charge in [-0.2, -0.15) is 11.8 Å². The van der Waals surface area contributed by atoms with Gasteiger partial charge in [0.15, 0.2) is 0 Å². The Kier molecular flexibility index (Phi) is 7.08. The van der Waals surface area contributed by atoms with Gasteiger partial charge in [-0.05, 0) is 37.4 Å². The smallest absolute Gasteiger partial charge is 0.0471 e. The van der Waals surface area contributed by atoms with Gasteiger partial charge in [-0.3, -0.25) is 4.90 Å². The minimum Gasteiger partial charge on any atom is -0.329 e. The molecule has 0 aliphatic heterocycles. The maximum Gasteiger partial charge on any atom is 0.0471 e. The minimum absolute atomic E-state index is 0.237. The molecule has 0 amide bonds. The molecule has 2 nitrogen and oxygen atoms in total. The average Bonchev–Trinajstić information content (AvgIpc) is 2.36. The van der Waals surface area contributed by atoms with Crippen molar-refractivity contribution in [3.63, 3.8) is 0 Å². The van der Waals surface area contributed by atoms with Gasteiger partial charge >= 0.3 is 0 Å². The molecule has 0 radical (unpaired) electrons. The molecular formula is C14H23ClN2S. The lowest BCUT2D eigenvalue weighted by molar-refractivity contribution is 0.188. The van der Waals surface area contributed by atoms with Crippen molar-refractivity contribution >= 4 is 23.4 Å². The molecule has 1 aromatic carbocycles. The molecule has 0 heterocycles. The molecule has 0 aliphatic carbocycles. The van der Waals surface area contributed by atoms with Crippen LogP contribution in [-0.4, -0.2) is 36.5 Å². The predicted octanol–water partition coefficient (Wildman–Crippen LogP) is 3.41. The molecule has 18 heavy (non-hydrogen) atoms. The van der Waals surface area contributed by atoms with E-state index < -0.39 is 0 Å².